The molecule has 1 amide bonds. The van der Waals surface area contributed by atoms with Crippen LogP contribution in [0.3, 0.4) is 0 Å². The van der Waals surface area contributed by atoms with Gasteiger partial charge in [0.2, 0.25) is 0 Å². The Kier molecular flexibility index (Phi) is 5.50. The van der Waals surface area contributed by atoms with Gasteiger partial charge < -0.3 is 9.80 Å². The lowest BCUT2D eigenvalue weighted by Crippen LogP contribution is -2.52. The Morgan fingerprint density at radius 2 is 1.55 bits per heavy atom. The van der Waals surface area contributed by atoms with E-state index in [2.05, 4.69) is 0 Å². The summed E-state index contributed by atoms with van der Waals surface area (Å²) in [6.07, 6.45) is 0. The number of amides is 1. The molecule has 1 aromatic heterocycles. The molecule has 0 spiro atoms. The van der Waals surface area contributed by atoms with Crippen LogP contribution >= 0.6 is 0 Å². The Labute approximate surface area is 180 Å². The summed E-state index contributed by atoms with van der Waals surface area (Å²) >= 11 is 0. The van der Waals surface area contributed by atoms with E-state index in [1.54, 1.807) is 11.5 Å². The lowest BCUT2D eigenvalue weighted by atomic mass is 10.1. The van der Waals surface area contributed by atoms with E-state index in [9.17, 15) is 14.4 Å². The number of anilines is 1. The molecule has 1 aliphatic heterocycles. The van der Waals surface area contributed by atoms with Crippen LogP contribution in [0.2, 0.25) is 0 Å². The predicted molar refractivity (Wildman–Crippen MR) is 121 cm³/mol. The Bertz CT molecular complexity index is 1240. The van der Waals surface area contributed by atoms with Crippen molar-refractivity contribution in [1.82, 2.24) is 14.0 Å². The molecule has 0 unspecified atom stereocenters. The zero-order valence-corrected chi connectivity index (χ0v) is 18.0. The maximum Gasteiger partial charge on any atom is 0.335 e. The number of hydrogen-bond donors (Lipinski definition) is 0. The van der Waals surface area contributed by atoms with Crippen molar-refractivity contribution in [3.63, 3.8) is 0 Å². The summed E-state index contributed by atoms with van der Waals surface area (Å²) in [7, 11) is 1.50. The van der Waals surface area contributed by atoms with Gasteiger partial charge >= 0.3 is 5.69 Å². The molecule has 0 saturated carbocycles. The fraction of sp³-hybridized carbons (Fsp3) is 0.292. The first-order valence-corrected chi connectivity index (χ1v) is 10.4. The minimum atomic E-state index is -0.370. The fourth-order valence-corrected chi connectivity index (χ4v) is 4.14. The van der Waals surface area contributed by atoms with Crippen molar-refractivity contribution in [1.29, 1.82) is 0 Å². The third-order valence-electron chi connectivity index (χ3n) is 5.83. The SMILES string of the molecule is Cc1cccc(C(=O)N2CCN(c3c(C)n(-c4ccccc4)c(=O)n(C)c3=O)CC2)c1. The van der Waals surface area contributed by atoms with Crippen molar-refractivity contribution in [3.05, 3.63) is 92.3 Å². The van der Waals surface area contributed by atoms with Gasteiger partial charge in [-0.05, 0) is 38.1 Å². The Balaban J connectivity index is 1.63. The fourth-order valence-electron chi connectivity index (χ4n) is 4.14. The van der Waals surface area contributed by atoms with E-state index in [4.69, 9.17) is 0 Å². The Hall–Kier alpha value is -3.61. The van der Waals surface area contributed by atoms with Gasteiger partial charge in [-0.1, -0.05) is 35.9 Å². The number of carbonyl (C=O) groups is 1. The van der Waals surface area contributed by atoms with Crippen LogP contribution in [0.4, 0.5) is 5.69 Å². The largest absolute Gasteiger partial charge is 0.362 e. The van der Waals surface area contributed by atoms with Crippen molar-refractivity contribution in [2.45, 2.75) is 13.8 Å². The average molecular weight is 418 g/mol. The number of carbonyl (C=O) groups excluding carboxylic acids is 1. The van der Waals surface area contributed by atoms with Gasteiger partial charge in [0.25, 0.3) is 11.5 Å². The third kappa shape index (κ3) is 3.79. The normalized spacial score (nSPS) is 14.0. The molecule has 1 fully saturated rings. The third-order valence-corrected chi connectivity index (χ3v) is 5.83. The van der Waals surface area contributed by atoms with Crippen molar-refractivity contribution in [2.75, 3.05) is 31.1 Å². The van der Waals surface area contributed by atoms with Crippen LogP contribution in [0.5, 0.6) is 0 Å². The summed E-state index contributed by atoms with van der Waals surface area (Å²) in [4.78, 5) is 42.5. The van der Waals surface area contributed by atoms with E-state index in [1.165, 1.54) is 7.05 Å². The highest BCUT2D eigenvalue weighted by atomic mass is 16.2. The average Bonchev–Trinajstić information content (AvgIpc) is 2.78. The van der Waals surface area contributed by atoms with Gasteiger partial charge in [0, 0.05) is 38.8 Å². The molecule has 2 aromatic carbocycles. The molecule has 31 heavy (non-hydrogen) atoms. The standard InChI is InChI=1S/C24H26N4O3/c1-17-8-7-9-19(16-17)22(29)27-14-12-26(13-15-27)21-18(2)28(20-10-5-4-6-11-20)24(31)25(3)23(21)30/h4-11,16H,12-15H2,1-3H3. The monoisotopic (exact) mass is 418 g/mol. The Morgan fingerprint density at radius 1 is 0.871 bits per heavy atom. The maximum absolute atomic E-state index is 13.0. The first-order chi connectivity index (χ1) is 14.9. The summed E-state index contributed by atoms with van der Waals surface area (Å²) in [5, 5.41) is 0. The minimum Gasteiger partial charge on any atom is -0.362 e. The number of piperazine rings is 1. The summed E-state index contributed by atoms with van der Waals surface area (Å²) < 4.78 is 2.72. The minimum absolute atomic E-state index is 0.00206. The summed E-state index contributed by atoms with van der Waals surface area (Å²) in [5.41, 5.74) is 2.88. The van der Waals surface area contributed by atoms with E-state index < -0.39 is 0 Å². The molecule has 0 atom stereocenters. The second-order valence-corrected chi connectivity index (χ2v) is 7.90. The number of para-hydroxylation sites is 1. The summed E-state index contributed by atoms with van der Waals surface area (Å²) in [6, 6.07) is 16.9. The summed E-state index contributed by atoms with van der Waals surface area (Å²) in [6.45, 7) is 5.85. The van der Waals surface area contributed by atoms with Crippen molar-refractivity contribution in [3.8, 4) is 5.69 Å². The number of benzene rings is 2. The van der Waals surface area contributed by atoms with Gasteiger partial charge in [-0.15, -0.1) is 0 Å². The second-order valence-electron chi connectivity index (χ2n) is 7.90. The van der Waals surface area contributed by atoms with Crippen LogP contribution in [-0.4, -0.2) is 46.1 Å². The number of aromatic nitrogens is 2. The van der Waals surface area contributed by atoms with Crippen LogP contribution in [0.15, 0.2) is 64.2 Å². The molecule has 7 nitrogen and oxygen atoms in total. The topological polar surface area (TPSA) is 67.6 Å². The van der Waals surface area contributed by atoms with Gasteiger partial charge in [-0.3, -0.25) is 18.7 Å². The highest BCUT2D eigenvalue weighted by Crippen LogP contribution is 2.19. The lowest BCUT2D eigenvalue weighted by Gasteiger charge is -2.36. The lowest BCUT2D eigenvalue weighted by molar-refractivity contribution is 0.0746. The molecule has 0 radical (unpaired) electrons. The smallest absolute Gasteiger partial charge is 0.335 e. The van der Waals surface area contributed by atoms with Crippen molar-refractivity contribution >= 4 is 11.6 Å². The molecule has 0 N–H and O–H groups in total. The second kappa shape index (κ2) is 8.26. The molecule has 1 saturated heterocycles. The van der Waals surface area contributed by atoms with Crippen molar-refractivity contribution in [2.24, 2.45) is 7.05 Å². The molecule has 3 aromatic rings. The molecule has 7 heteroatoms. The quantitative estimate of drug-likeness (QED) is 0.654. The highest BCUT2D eigenvalue weighted by Gasteiger charge is 2.26. The summed E-state index contributed by atoms with van der Waals surface area (Å²) in [5.74, 6) is 0.00206. The van der Waals surface area contributed by atoms with Crippen LogP contribution in [0.25, 0.3) is 5.69 Å². The van der Waals surface area contributed by atoms with Crippen LogP contribution < -0.4 is 16.1 Å². The van der Waals surface area contributed by atoms with Gasteiger partial charge in [-0.2, -0.15) is 0 Å². The van der Waals surface area contributed by atoms with Gasteiger partial charge in [0.1, 0.15) is 5.69 Å². The molecular weight excluding hydrogens is 392 g/mol. The molecule has 160 valence electrons. The van der Waals surface area contributed by atoms with Crippen molar-refractivity contribution < 1.29 is 4.79 Å². The predicted octanol–water partition coefficient (Wildman–Crippen LogP) is 2.12. The molecular formula is C24H26N4O3. The first-order valence-electron chi connectivity index (χ1n) is 10.4. The zero-order valence-electron chi connectivity index (χ0n) is 18.0. The van der Waals surface area contributed by atoms with Crippen LogP contribution in [-0.2, 0) is 7.05 Å². The van der Waals surface area contributed by atoms with Gasteiger partial charge in [0.05, 0.1) is 11.4 Å². The molecule has 4 rings (SSSR count). The van der Waals surface area contributed by atoms with Gasteiger partial charge in [0.15, 0.2) is 0 Å². The zero-order chi connectivity index (χ0) is 22.1. The molecule has 1 aliphatic rings. The number of rotatable bonds is 3. The number of aryl methyl sites for hydroxylation is 1. The number of nitrogens with zero attached hydrogens (tertiary/aromatic N) is 4. The van der Waals surface area contributed by atoms with Gasteiger partial charge in [-0.25, -0.2) is 4.79 Å². The highest BCUT2D eigenvalue weighted by molar-refractivity contribution is 5.94. The van der Waals surface area contributed by atoms with E-state index >= 15 is 0 Å². The van der Waals surface area contributed by atoms with E-state index in [0.717, 1.165) is 15.8 Å². The molecule has 0 bridgehead atoms. The molecule has 2 heterocycles. The van der Waals surface area contributed by atoms with Crippen LogP contribution in [0, 0.1) is 13.8 Å². The van der Waals surface area contributed by atoms with Crippen LogP contribution in [0.1, 0.15) is 21.6 Å². The molecule has 0 aliphatic carbocycles. The maximum atomic E-state index is 13.0. The van der Waals surface area contributed by atoms with E-state index in [1.807, 2.05) is 71.3 Å². The van der Waals surface area contributed by atoms with E-state index in [0.29, 0.717) is 43.1 Å². The Morgan fingerprint density at radius 3 is 2.19 bits per heavy atom. The first kappa shape index (κ1) is 20.7. The number of hydrogen-bond acceptors (Lipinski definition) is 4. The van der Waals surface area contributed by atoms with E-state index in [-0.39, 0.29) is 17.2 Å².